The van der Waals surface area contributed by atoms with Gasteiger partial charge in [-0.05, 0) is 37.1 Å². The van der Waals surface area contributed by atoms with E-state index in [1.54, 1.807) is 18.4 Å². The van der Waals surface area contributed by atoms with E-state index in [-0.39, 0.29) is 12.5 Å². The summed E-state index contributed by atoms with van der Waals surface area (Å²) in [6.07, 6.45) is 4.74. The Kier molecular flexibility index (Phi) is 5.36. The van der Waals surface area contributed by atoms with Crippen LogP contribution in [0.3, 0.4) is 0 Å². The van der Waals surface area contributed by atoms with Gasteiger partial charge < -0.3 is 15.2 Å². The molecule has 1 aromatic heterocycles. The van der Waals surface area contributed by atoms with Gasteiger partial charge in [0.05, 0.1) is 18.6 Å². The fraction of sp³-hybridized carbons (Fsp3) is 0.643. The van der Waals surface area contributed by atoms with Crippen molar-refractivity contribution in [3.05, 3.63) is 22.4 Å². The molecule has 2 N–H and O–H groups in total. The van der Waals surface area contributed by atoms with Gasteiger partial charge in [-0.1, -0.05) is 6.07 Å². The minimum absolute atomic E-state index is 0.0680. The molecule has 19 heavy (non-hydrogen) atoms. The molecule has 1 aliphatic carbocycles. The molecule has 1 aliphatic rings. The highest BCUT2D eigenvalue weighted by Crippen LogP contribution is 2.27. The summed E-state index contributed by atoms with van der Waals surface area (Å²) in [5.74, 6) is -0.753. The zero-order chi connectivity index (χ0) is 13.7. The zero-order valence-electron chi connectivity index (χ0n) is 11.2. The summed E-state index contributed by atoms with van der Waals surface area (Å²) >= 11 is 1.62. The van der Waals surface area contributed by atoms with Crippen LogP contribution in [0.15, 0.2) is 17.5 Å². The summed E-state index contributed by atoms with van der Waals surface area (Å²) in [5.41, 5.74) is 0. The van der Waals surface area contributed by atoms with Crippen molar-refractivity contribution in [1.82, 2.24) is 5.32 Å². The highest BCUT2D eigenvalue weighted by atomic mass is 32.1. The van der Waals surface area contributed by atoms with E-state index < -0.39 is 5.97 Å². The van der Waals surface area contributed by atoms with Gasteiger partial charge in [0.15, 0.2) is 0 Å². The van der Waals surface area contributed by atoms with Gasteiger partial charge in [-0.2, -0.15) is 0 Å². The van der Waals surface area contributed by atoms with E-state index in [0.29, 0.717) is 12.1 Å². The Morgan fingerprint density at radius 2 is 2.26 bits per heavy atom. The van der Waals surface area contributed by atoms with Crippen LogP contribution in [0.5, 0.6) is 0 Å². The summed E-state index contributed by atoms with van der Waals surface area (Å²) in [6, 6.07) is 4.31. The van der Waals surface area contributed by atoms with Gasteiger partial charge in [-0.3, -0.25) is 4.79 Å². The largest absolute Gasteiger partial charge is 0.481 e. The van der Waals surface area contributed by atoms with Gasteiger partial charge in [-0.25, -0.2) is 0 Å². The molecular formula is C14H21NO3S. The minimum Gasteiger partial charge on any atom is -0.481 e. The van der Waals surface area contributed by atoms with Crippen LogP contribution < -0.4 is 5.32 Å². The Morgan fingerprint density at radius 3 is 2.79 bits per heavy atom. The first-order valence-corrected chi connectivity index (χ1v) is 7.61. The van der Waals surface area contributed by atoms with Crippen molar-refractivity contribution in [1.29, 1.82) is 0 Å². The Bertz CT molecular complexity index is 385. The lowest BCUT2D eigenvalue weighted by molar-refractivity contribution is -0.137. The predicted molar refractivity (Wildman–Crippen MR) is 75.5 cm³/mol. The molecule has 5 heteroatoms. The van der Waals surface area contributed by atoms with Crippen molar-refractivity contribution in [3.63, 3.8) is 0 Å². The average molecular weight is 283 g/mol. The van der Waals surface area contributed by atoms with Gasteiger partial charge in [-0.15, -0.1) is 11.3 Å². The Labute approximate surface area is 117 Å². The van der Waals surface area contributed by atoms with E-state index in [9.17, 15) is 4.79 Å². The lowest BCUT2D eigenvalue weighted by Gasteiger charge is -2.31. The summed E-state index contributed by atoms with van der Waals surface area (Å²) in [4.78, 5) is 12.1. The molecule has 0 amide bonds. The molecule has 0 aliphatic heterocycles. The molecule has 2 rings (SSSR count). The van der Waals surface area contributed by atoms with E-state index in [4.69, 9.17) is 9.84 Å². The zero-order valence-corrected chi connectivity index (χ0v) is 12.0. The lowest BCUT2D eigenvalue weighted by atomic mass is 9.92. The molecule has 1 aromatic rings. The van der Waals surface area contributed by atoms with Crippen LogP contribution in [0, 0.1) is 0 Å². The van der Waals surface area contributed by atoms with Crippen LogP contribution >= 0.6 is 11.3 Å². The third-order valence-electron chi connectivity index (χ3n) is 3.71. The van der Waals surface area contributed by atoms with E-state index in [1.165, 1.54) is 0 Å². The van der Waals surface area contributed by atoms with Gasteiger partial charge in [0, 0.05) is 18.0 Å². The third kappa shape index (κ3) is 4.30. The van der Waals surface area contributed by atoms with Crippen molar-refractivity contribution in [2.75, 3.05) is 7.11 Å². The molecule has 0 bridgehead atoms. The van der Waals surface area contributed by atoms with Crippen molar-refractivity contribution >= 4 is 17.3 Å². The average Bonchev–Trinajstić information content (AvgIpc) is 2.92. The molecule has 0 saturated heterocycles. The normalized spacial score (nSPS) is 25.1. The molecule has 1 unspecified atom stereocenters. The molecule has 1 atom stereocenters. The molecule has 106 valence electrons. The third-order valence-corrected chi connectivity index (χ3v) is 4.70. The summed E-state index contributed by atoms with van der Waals surface area (Å²) < 4.78 is 5.36. The maximum Gasteiger partial charge on any atom is 0.305 e. The van der Waals surface area contributed by atoms with Gasteiger partial charge in [0.1, 0.15) is 0 Å². The predicted octanol–water partition coefficient (Wildman–Crippen LogP) is 2.81. The second-order valence-corrected chi connectivity index (χ2v) is 6.02. The molecule has 1 fully saturated rings. The quantitative estimate of drug-likeness (QED) is 0.843. The first-order valence-electron chi connectivity index (χ1n) is 6.73. The van der Waals surface area contributed by atoms with Crippen molar-refractivity contribution in [2.24, 2.45) is 0 Å². The van der Waals surface area contributed by atoms with Crippen LogP contribution in [0.25, 0.3) is 0 Å². The number of methoxy groups -OCH3 is 1. The van der Waals surface area contributed by atoms with Gasteiger partial charge >= 0.3 is 5.97 Å². The second kappa shape index (κ2) is 7.03. The number of rotatable bonds is 6. The lowest BCUT2D eigenvalue weighted by Crippen LogP contribution is -2.38. The van der Waals surface area contributed by atoms with Crippen molar-refractivity contribution < 1.29 is 14.6 Å². The molecule has 4 nitrogen and oxygen atoms in total. The molecule has 0 radical (unpaired) electrons. The molecule has 0 spiro atoms. The Balaban J connectivity index is 1.91. The summed E-state index contributed by atoms with van der Waals surface area (Å²) in [7, 11) is 1.76. The highest BCUT2D eigenvalue weighted by molar-refractivity contribution is 7.10. The maximum absolute atomic E-state index is 11.0. The first-order chi connectivity index (χ1) is 9.19. The minimum atomic E-state index is -0.753. The smallest absolute Gasteiger partial charge is 0.305 e. The SMILES string of the molecule is COC1CCC(NC(CC(=O)O)c2cccs2)CC1. The van der Waals surface area contributed by atoms with Crippen LogP contribution in [0.2, 0.25) is 0 Å². The number of carboxylic acids is 1. The number of carboxylic acid groups (broad SMARTS) is 1. The number of carbonyl (C=O) groups is 1. The molecule has 1 saturated carbocycles. The molecule has 1 heterocycles. The van der Waals surface area contributed by atoms with E-state index in [1.807, 2.05) is 17.5 Å². The topological polar surface area (TPSA) is 58.6 Å². The van der Waals surface area contributed by atoms with E-state index in [0.717, 1.165) is 30.6 Å². The maximum atomic E-state index is 11.0. The van der Waals surface area contributed by atoms with E-state index >= 15 is 0 Å². The second-order valence-electron chi connectivity index (χ2n) is 5.04. The fourth-order valence-electron chi connectivity index (χ4n) is 2.66. The monoisotopic (exact) mass is 283 g/mol. The highest BCUT2D eigenvalue weighted by Gasteiger charge is 2.25. The molecular weight excluding hydrogens is 262 g/mol. The van der Waals surface area contributed by atoms with E-state index in [2.05, 4.69) is 5.32 Å². The Hall–Kier alpha value is -0.910. The number of hydrogen-bond donors (Lipinski definition) is 2. The number of nitrogens with one attached hydrogen (secondary N) is 1. The summed E-state index contributed by atoms with van der Waals surface area (Å²) in [5, 5.41) is 14.5. The van der Waals surface area contributed by atoms with Crippen LogP contribution in [0.4, 0.5) is 0 Å². The molecule has 0 aromatic carbocycles. The van der Waals surface area contributed by atoms with Crippen molar-refractivity contribution in [2.45, 2.75) is 50.3 Å². The number of aliphatic carboxylic acids is 1. The van der Waals surface area contributed by atoms with Crippen LogP contribution in [-0.2, 0) is 9.53 Å². The summed E-state index contributed by atoms with van der Waals surface area (Å²) in [6.45, 7) is 0. The number of thiophene rings is 1. The van der Waals surface area contributed by atoms with Crippen molar-refractivity contribution in [3.8, 4) is 0 Å². The number of ether oxygens (including phenoxy) is 1. The van der Waals surface area contributed by atoms with Crippen LogP contribution in [-0.4, -0.2) is 30.3 Å². The van der Waals surface area contributed by atoms with Gasteiger partial charge in [0.2, 0.25) is 0 Å². The van der Waals surface area contributed by atoms with Gasteiger partial charge in [0.25, 0.3) is 0 Å². The number of hydrogen-bond acceptors (Lipinski definition) is 4. The fourth-order valence-corrected chi connectivity index (χ4v) is 3.44. The Morgan fingerprint density at radius 1 is 1.53 bits per heavy atom. The van der Waals surface area contributed by atoms with Crippen LogP contribution in [0.1, 0.15) is 43.0 Å². The first kappa shape index (κ1) is 14.5. The standard InChI is InChI=1S/C14H21NO3S/c1-18-11-6-4-10(5-7-11)15-12(9-14(16)17)13-3-2-8-19-13/h2-3,8,10-12,15H,4-7,9H2,1H3,(H,16,17).